The maximum absolute atomic E-state index is 13.3. The van der Waals surface area contributed by atoms with Crippen molar-refractivity contribution in [2.45, 2.75) is 29.1 Å². The van der Waals surface area contributed by atoms with Crippen molar-refractivity contribution in [3.8, 4) is 11.5 Å². The van der Waals surface area contributed by atoms with Gasteiger partial charge in [-0.2, -0.15) is 4.31 Å². The Morgan fingerprint density at radius 2 is 1.74 bits per heavy atom. The Morgan fingerprint density at radius 1 is 1.06 bits per heavy atom. The predicted octanol–water partition coefficient (Wildman–Crippen LogP) is 3.43. The van der Waals surface area contributed by atoms with E-state index in [0.29, 0.717) is 13.1 Å². The fourth-order valence-electron chi connectivity index (χ4n) is 3.61. The van der Waals surface area contributed by atoms with E-state index in [4.69, 9.17) is 26.2 Å². The van der Waals surface area contributed by atoms with Crippen LogP contribution in [0.1, 0.15) is 24.8 Å². The third kappa shape index (κ3) is 6.07. The highest BCUT2D eigenvalue weighted by Gasteiger charge is 2.28. The van der Waals surface area contributed by atoms with Crippen LogP contribution in [0, 0.1) is 0 Å². The van der Waals surface area contributed by atoms with E-state index in [1.54, 1.807) is 0 Å². The van der Waals surface area contributed by atoms with Crippen LogP contribution >= 0.6 is 11.6 Å². The molecule has 1 aliphatic rings. The molecule has 2 aromatic carbocycles. The van der Waals surface area contributed by atoms with Crippen LogP contribution < -0.4 is 14.2 Å². The van der Waals surface area contributed by atoms with Crippen LogP contribution in [0.25, 0.3) is 6.08 Å². The van der Waals surface area contributed by atoms with Gasteiger partial charge in [0.15, 0.2) is 11.5 Å². The Bertz CT molecular complexity index is 1350. The summed E-state index contributed by atoms with van der Waals surface area (Å²) >= 11 is 6.21. The molecule has 2 N–H and O–H groups in total. The molecule has 2 aromatic rings. The molecule has 0 radical (unpaired) electrons. The lowest BCUT2D eigenvalue weighted by atomic mass is 10.2. The molecule has 0 saturated carbocycles. The minimum atomic E-state index is -4.39. The number of carboxylic acids is 1. The largest absolute Gasteiger partial charge is 0.493 e. The Kier molecular flexibility index (Phi) is 8.31. The Morgan fingerprint density at radius 3 is 2.34 bits per heavy atom. The molecule has 0 amide bonds. The van der Waals surface area contributed by atoms with Crippen molar-refractivity contribution in [2.75, 3.05) is 32.0 Å². The van der Waals surface area contributed by atoms with Crippen molar-refractivity contribution >= 4 is 49.4 Å². The summed E-state index contributed by atoms with van der Waals surface area (Å²) in [5.74, 6) is -1.30. The molecule has 0 unspecified atom stereocenters. The average molecular weight is 545 g/mol. The highest BCUT2D eigenvalue weighted by Crippen LogP contribution is 2.38. The summed E-state index contributed by atoms with van der Waals surface area (Å²) in [6, 6.07) is 6.41. The first-order chi connectivity index (χ1) is 16.5. The van der Waals surface area contributed by atoms with Crippen LogP contribution in [0.5, 0.6) is 11.5 Å². The van der Waals surface area contributed by atoms with Crippen LogP contribution in [-0.2, 0) is 24.8 Å². The number of sulfonamides is 2. The fraction of sp³-hybridized carbons (Fsp3) is 0.318. The number of benzene rings is 2. The molecule has 13 heteroatoms. The number of carboxylic acid groups (broad SMARTS) is 1. The van der Waals surface area contributed by atoms with E-state index >= 15 is 0 Å². The molecule has 0 spiro atoms. The maximum atomic E-state index is 13.3. The number of halogens is 1. The molecule has 1 saturated heterocycles. The van der Waals surface area contributed by atoms with Gasteiger partial charge in [0.2, 0.25) is 10.0 Å². The van der Waals surface area contributed by atoms with Gasteiger partial charge in [-0.3, -0.25) is 4.72 Å². The number of anilines is 1. The number of rotatable bonds is 9. The number of ether oxygens (including phenoxy) is 2. The average Bonchev–Trinajstić information content (AvgIpc) is 2.83. The number of carbonyl (C=O) groups is 1. The number of nitrogens with zero attached hydrogens (tertiary/aromatic N) is 1. The van der Waals surface area contributed by atoms with Crippen LogP contribution in [0.15, 0.2) is 46.2 Å². The zero-order valence-electron chi connectivity index (χ0n) is 19.0. The predicted molar refractivity (Wildman–Crippen MR) is 131 cm³/mol. The Balaban J connectivity index is 2.05. The van der Waals surface area contributed by atoms with Gasteiger partial charge in [0.1, 0.15) is 4.90 Å². The first-order valence-electron chi connectivity index (χ1n) is 10.5. The normalized spacial score (nSPS) is 15.2. The third-order valence-corrected chi connectivity index (χ3v) is 8.91. The molecular weight excluding hydrogens is 520 g/mol. The first-order valence-corrected chi connectivity index (χ1v) is 13.8. The van der Waals surface area contributed by atoms with E-state index in [-0.39, 0.29) is 37.6 Å². The monoisotopic (exact) mass is 544 g/mol. The van der Waals surface area contributed by atoms with Gasteiger partial charge in [0, 0.05) is 19.2 Å². The van der Waals surface area contributed by atoms with Crippen LogP contribution in [-0.4, -0.2) is 59.5 Å². The summed E-state index contributed by atoms with van der Waals surface area (Å²) in [5, 5.41) is 8.89. The number of methoxy groups -OCH3 is 2. The van der Waals surface area contributed by atoms with Gasteiger partial charge in [0.25, 0.3) is 10.0 Å². The summed E-state index contributed by atoms with van der Waals surface area (Å²) < 4.78 is 66.9. The van der Waals surface area contributed by atoms with Crippen molar-refractivity contribution in [2.24, 2.45) is 0 Å². The fourth-order valence-corrected chi connectivity index (χ4v) is 6.66. The van der Waals surface area contributed by atoms with Crippen molar-refractivity contribution in [3.63, 3.8) is 0 Å². The van der Waals surface area contributed by atoms with Crippen LogP contribution in [0.2, 0.25) is 5.02 Å². The summed E-state index contributed by atoms with van der Waals surface area (Å²) in [4.78, 5) is 10.4. The van der Waals surface area contributed by atoms with Crippen molar-refractivity contribution in [1.29, 1.82) is 0 Å². The van der Waals surface area contributed by atoms with Crippen molar-refractivity contribution in [3.05, 3.63) is 47.0 Å². The summed E-state index contributed by atoms with van der Waals surface area (Å²) in [6.07, 6.45) is 4.49. The zero-order chi connectivity index (χ0) is 25.8. The van der Waals surface area contributed by atoms with Gasteiger partial charge >= 0.3 is 5.97 Å². The molecule has 1 aliphatic heterocycles. The van der Waals surface area contributed by atoms with E-state index in [9.17, 15) is 21.6 Å². The summed E-state index contributed by atoms with van der Waals surface area (Å²) in [5.41, 5.74) is 0.0789. The standard InChI is InChI=1S/C22H25ClN2O8S2/c1-32-19-12-15(6-9-21(26)27)13-20(22(19)33-2)34(28,29)24-18-14-16(7-8-17(18)23)35(30,31)25-10-4-3-5-11-25/h6-9,12-14,24H,3-5,10-11H2,1-2H3,(H,26,27)/b9-6+. The molecule has 1 heterocycles. The number of hydrogen-bond donors (Lipinski definition) is 2. The van der Waals surface area contributed by atoms with Gasteiger partial charge < -0.3 is 14.6 Å². The molecule has 0 bridgehead atoms. The van der Waals surface area contributed by atoms with E-state index in [2.05, 4.69) is 4.72 Å². The minimum absolute atomic E-state index is 0.0148. The summed E-state index contributed by atoms with van der Waals surface area (Å²) in [7, 11) is -5.67. The lowest BCUT2D eigenvalue weighted by Gasteiger charge is -2.26. The number of nitrogens with one attached hydrogen (secondary N) is 1. The van der Waals surface area contributed by atoms with Gasteiger partial charge in [-0.05, 0) is 54.8 Å². The van der Waals surface area contributed by atoms with E-state index in [1.807, 2.05) is 0 Å². The van der Waals surface area contributed by atoms with Gasteiger partial charge in [0.05, 0.1) is 29.8 Å². The zero-order valence-corrected chi connectivity index (χ0v) is 21.4. The van der Waals surface area contributed by atoms with Crippen LogP contribution in [0.3, 0.4) is 0 Å². The number of piperidine rings is 1. The smallest absolute Gasteiger partial charge is 0.328 e. The van der Waals surface area contributed by atoms with E-state index in [0.717, 1.165) is 25.3 Å². The number of hydrogen-bond acceptors (Lipinski definition) is 7. The summed E-state index contributed by atoms with van der Waals surface area (Å²) in [6.45, 7) is 0.777. The Labute approximate surface area is 209 Å². The molecule has 35 heavy (non-hydrogen) atoms. The van der Waals surface area contributed by atoms with Gasteiger partial charge in [-0.15, -0.1) is 0 Å². The van der Waals surface area contributed by atoms with Gasteiger partial charge in [-0.1, -0.05) is 18.0 Å². The second kappa shape index (κ2) is 10.9. The lowest BCUT2D eigenvalue weighted by molar-refractivity contribution is -0.131. The molecule has 190 valence electrons. The first kappa shape index (κ1) is 26.8. The van der Waals surface area contributed by atoms with Crippen LogP contribution in [0.4, 0.5) is 5.69 Å². The van der Waals surface area contributed by atoms with E-state index < -0.39 is 26.0 Å². The second-order valence-electron chi connectivity index (χ2n) is 7.64. The molecule has 1 fully saturated rings. The SMILES string of the molecule is COc1cc(/C=C/C(=O)O)cc(S(=O)(=O)Nc2cc(S(=O)(=O)N3CCCCC3)ccc2Cl)c1OC. The second-order valence-corrected chi connectivity index (χ2v) is 11.6. The molecule has 10 nitrogen and oxygen atoms in total. The topological polar surface area (TPSA) is 139 Å². The molecule has 0 atom stereocenters. The quantitative estimate of drug-likeness (QED) is 0.458. The highest BCUT2D eigenvalue weighted by atomic mass is 35.5. The lowest BCUT2D eigenvalue weighted by Crippen LogP contribution is -2.35. The number of aliphatic carboxylic acids is 1. The van der Waals surface area contributed by atoms with Gasteiger partial charge in [-0.25, -0.2) is 21.6 Å². The maximum Gasteiger partial charge on any atom is 0.328 e. The third-order valence-electron chi connectivity index (χ3n) is 5.31. The minimum Gasteiger partial charge on any atom is -0.493 e. The van der Waals surface area contributed by atoms with Crippen molar-refractivity contribution in [1.82, 2.24) is 4.31 Å². The molecule has 3 rings (SSSR count). The molecule has 0 aliphatic carbocycles. The Hall–Kier alpha value is -2.80. The highest BCUT2D eigenvalue weighted by molar-refractivity contribution is 7.93. The molecular formula is C22H25ClN2O8S2. The van der Waals surface area contributed by atoms with Crippen molar-refractivity contribution < 1.29 is 36.2 Å². The van der Waals surface area contributed by atoms with E-state index in [1.165, 1.54) is 54.9 Å². The molecule has 0 aromatic heterocycles.